The molecule has 0 atom stereocenters. The first kappa shape index (κ1) is 23.0. The van der Waals surface area contributed by atoms with E-state index >= 15 is 0 Å². The molecule has 152 valence electrons. The quantitative estimate of drug-likeness (QED) is 0.590. The van der Waals surface area contributed by atoms with E-state index in [1.165, 1.54) is 0 Å². The van der Waals surface area contributed by atoms with Gasteiger partial charge >= 0.3 is 0 Å². The lowest BCUT2D eigenvalue weighted by atomic mass is 10.1. The van der Waals surface area contributed by atoms with Crippen molar-refractivity contribution in [2.75, 3.05) is 38.2 Å². The third-order valence-corrected chi connectivity index (χ3v) is 4.24. The highest BCUT2D eigenvalue weighted by molar-refractivity contribution is 5.94. The Morgan fingerprint density at radius 1 is 1.11 bits per heavy atom. The molecular formula is C19H30ClN3O4. The van der Waals surface area contributed by atoms with Crippen molar-refractivity contribution >= 4 is 29.9 Å². The van der Waals surface area contributed by atoms with Crippen LogP contribution in [0.25, 0.3) is 0 Å². The molecule has 27 heavy (non-hydrogen) atoms. The Morgan fingerprint density at radius 3 is 2.52 bits per heavy atom. The number of likely N-dealkylation sites (N-methyl/N-ethyl adjacent to an activating group) is 1. The predicted octanol–water partition coefficient (Wildman–Crippen LogP) is 2.58. The number of halogens is 1. The molecule has 0 unspecified atom stereocenters. The van der Waals surface area contributed by atoms with Crippen LogP contribution in [0.15, 0.2) is 18.2 Å². The number of unbranched alkanes of at least 4 members (excludes halogenated alkanes) is 3. The molecule has 0 radical (unpaired) electrons. The van der Waals surface area contributed by atoms with Crippen LogP contribution in [0.2, 0.25) is 0 Å². The average molecular weight is 400 g/mol. The Hall–Kier alpha value is -1.99. The fourth-order valence-corrected chi connectivity index (χ4v) is 2.80. The third-order valence-electron chi connectivity index (χ3n) is 4.24. The Balaban J connectivity index is 0.00000364. The number of anilines is 1. The maximum Gasteiger partial charge on any atom is 0.243 e. The van der Waals surface area contributed by atoms with Gasteiger partial charge < -0.3 is 25.4 Å². The number of benzene rings is 1. The number of ether oxygens (including phenoxy) is 2. The fraction of sp³-hybridized carbons (Fsp3) is 0.579. The summed E-state index contributed by atoms with van der Waals surface area (Å²) < 4.78 is 11.0. The molecule has 1 aromatic carbocycles. The van der Waals surface area contributed by atoms with Gasteiger partial charge in [0.15, 0.2) is 11.5 Å². The van der Waals surface area contributed by atoms with Gasteiger partial charge in [0.1, 0.15) is 13.2 Å². The Bertz CT molecular complexity index is 613. The SMILES string of the molecule is CCN(CC(=O)Nc1ccc2c(c1)OCCO2)C(=O)CCCCCCN.Cl. The molecule has 0 saturated heterocycles. The minimum Gasteiger partial charge on any atom is -0.486 e. The van der Waals surface area contributed by atoms with E-state index in [0.29, 0.717) is 49.9 Å². The number of nitrogens with two attached hydrogens (primary N) is 1. The molecule has 7 nitrogen and oxygen atoms in total. The predicted molar refractivity (Wildman–Crippen MR) is 108 cm³/mol. The number of nitrogens with one attached hydrogen (secondary N) is 1. The van der Waals surface area contributed by atoms with Gasteiger partial charge in [-0.15, -0.1) is 12.4 Å². The number of fused-ring (bicyclic) bond motifs is 1. The molecule has 0 saturated carbocycles. The van der Waals surface area contributed by atoms with Crippen molar-refractivity contribution in [2.45, 2.75) is 39.0 Å². The van der Waals surface area contributed by atoms with Crippen LogP contribution in [0.5, 0.6) is 11.5 Å². The first-order chi connectivity index (χ1) is 12.6. The second-order valence-corrected chi connectivity index (χ2v) is 6.27. The van der Waals surface area contributed by atoms with Crippen LogP contribution in [0.4, 0.5) is 5.69 Å². The van der Waals surface area contributed by atoms with E-state index in [1.807, 2.05) is 6.92 Å². The van der Waals surface area contributed by atoms with Crippen molar-refractivity contribution in [3.63, 3.8) is 0 Å². The maximum absolute atomic E-state index is 12.3. The number of hydrogen-bond acceptors (Lipinski definition) is 5. The summed E-state index contributed by atoms with van der Waals surface area (Å²) in [7, 11) is 0. The van der Waals surface area contributed by atoms with Crippen molar-refractivity contribution in [3.05, 3.63) is 18.2 Å². The number of nitrogens with zero attached hydrogens (tertiary/aromatic N) is 1. The second kappa shape index (κ2) is 12.4. The molecule has 2 amide bonds. The highest BCUT2D eigenvalue weighted by Gasteiger charge is 2.17. The van der Waals surface area contributed by atoms with Gasteiger partial charge in [0, 0.05) is 24.7 Å². The van der Waals surface area contributed by atoms with Crippen LogP contribution < -0.4 is 20.5 Å². The average Bonchev–Trinajstić information content (AvgIpc) is 2.65. The summed E-state index contributed by atoms with van der Waals surface area (Å²) in [6.45, 7) is 4.15. The van der Waals surface area contributed by atoms with Crippen molar-refractivity contribution in [2.24, 2.45) is 5.73 Å². The Morgan fingerprint density at radius 2 is 1.81 bits per heavy atom. The third kappa shape index (κ3) is 7.64. The summed E-state index contributed by atoms with van der Waals surface area (Å²) in [4.78, 5) is 26.1. The van der Waals surface area contributed by atoms with E-state index in [-0.39, 0.29) is 30.8 Å². The molecule has 1 aliphatic heterocycles. The van der Waals surface area contributed by atoms with Crippen LogP contribution in [-0.2, 0) is 9.59 Å². The van der Waals surface area contributed by atoms with E-state index in [9.17, 15) is 9.59 Å². The number of carbonyl (C=O) groups is 2. The fourth-order valence-electron chi connectivity index (χ4n) is 2.80. The zero-order valence-corrected chi connectivity index (χ0v) is 16.7. The highest BCUT2D eigenvalue weighted by Crippen LogP contribution is 2.32. The van der Waals surface area contributed by atoms with Gasteiger partial charge in [0.25, 0.3) is 0 Å². The van der Waals surface area contributed by atoms with E-state index < -0.39 is 0 Å². The van der Waals surface area contributed by atoms with Gasteiger partial charge in [0.05, 0.1) is 6.54 Å². The smallest absolute Gasteiger partial charge is 0.243 e. The monoisotopic (exact) mass is 399 g/mol. The summed E-state index contributed by atoms with van der Waals surface area (Å²) in [5.74, 6) is 1.08. The van der Waals surface area contributed by atoms with Crippen LogP contribution in [0.1, 0.15) is 39.0 Å². The lowest BCUT2D eigenvalue weighted by Crippen LogP contribution is -2.37. The lowest BCUT2D eigenvalue weighted by molar-refractivity contribution is -0.134. The molecule has 0 spiro atoms. The van der Waals surface area contributed by atoms with Crippen molar-refractivity contribution < 1.29 is 19.1 Å². The van der Waals surface area contributed by atoms with E-state index in [1.54, 1.807) is 23.1 Å². The summed E-state index contributed by atoms with van der Waals surface area (Å²) in [6.07, 6.45) is 4.32. The second-order valence-electron chi connectivity index (χ2n) is 6.27. The van der Waals surface area contributed by atoms with Crippen molar-refractivity contribution in [1.82, 2.24) is 4.90 Å². The number of amides is 2. The van der Waals surface area contributed by atoms with Gasteiger partial charge in [-0.2, -0.15) is 0 Å². The van der Waals surface area contributed by atoms with Crippen LogP contribution in [0, 0.1) is 0 Å². The molecule has 3 N–H and O–H groups in total. The zero-order valence-electron chi connectivity index (χ0n) is 15.9. The molecule has 1 heterocycles. The summed E-state index contributed by atoms with van der Waals surface area (Å²) in [5, 5.41) is 2.81. The standard InChI is InChI=1S/C19H29N3O4.ClH/c1-2-22(19(24)7-5-3-4-6-10-20)14-18(23)21-15-8-9-16-17(13-15)26-12-11-25-16;/h8-9,13H,2-7,10-12,14,20H2,1H3,(H,21,23);1H. The molecule has 0 bridgehead atoms. The number of carbonyl (C=O) groups excluding carboxylic acids is 2. The van der Waals surface area contributed by atoms with E-state index in [4.69, 9.17) is 15.2 Å². The Kier molecular flexibility index (Phi) is 10.6. The topological polar surface area (TPSA) is 93.9 Å². The van der Waals surface area contributed by atoms with Crippen molar-refractivity contribution in [1.29, 1.82) is 0 Å². The maximum atomic E-state index is 12.3. The number of rotatable bonds is 10. The van der Waals surface area contributed by atoms with Gasteiger partial charge in [-0.05, 0) is 38.4 Å². The van der Waals surface area contributed by atoms with Crippen LogP contribution in [-0.4, -0.2) is 49.6 Å². The minimum absolute atomic E-state index is 0. The largest absolute Gasteiger partial charge is 0.486 e. The van der Waals surface area contributed by atoms with Crippen LogP contribution >= 0.6 is 12.4 Å². The molecule has 0 aliphatic carbocycles. The van der Waals surface area contributed by atoms with Gasteiger partial charge in [-0.1, -0.05) is 12.8 Å². The molecule has 2 rings (SSSR count). The van der Waals surface area contributed by atoms with E-state index in [2.05, 4.69) is 5.32 Å². The summed E-state index contributed by atoms with van der Waals surface area (Å²) in [6, 6.07) is 5.27. The summed E-state index contributed by atoms with van der Waals surface area (Å²) >= 11 is 0. The molecule has 0 fully saturated rings. The minimum atomic E-state index is -0.222. The molecule has 0 aromatic heterocycles. The molecular weight excluding hydrogens is 370 g/mol. The van der Waals surface area contributed by atoms with Crippen LogP contribution in [0.3, 0.4) is 0 Å². The van der Waals surface area contributed by atoms with Crippen molar-refractivity contribution in [3.8, 4) is 11.5 Å². The zero-order chi connectivity index (χ0) is 18.8. The first-order valence-corrected chi connectivity index (χ1v) is 9.31. The highest BCUT2D eigenvalue weighted by atomic mass is 35.5. The van der Waals surface area contributed by atoms with Gasteiger partial charge in [-0.25, -0.2) is 0 Å². The summed E-state index contributed by atoms with van der Waals surface area (Å²) in [5.41, 5.74) is 6.09. The van der Waals surface area contributed by atoms with E-state index in [0.717, 1.165) is 25.7 Å². The molecule has 8 heteroatoms. The first-order valence-electron chi connectivity index (χ1n) is 9.31. The van der Waals surface area contributed by atoms with Gasteiger partial charge in [0.2, 0.25) is 11.8 Å². The Labute approximate surface area is 167 Å². The number of hydrogen-bond donors (Lipinski definition) is 2. The molecule has 1 aliphatic rings. The normalized spacial score (nSPS) is 12.1. The molecule has 1 aromatic rings. The lowest BCUT2D eigenvalue weighted by Gasteiger charge is -2.21. The van der Waals surface area contributed by atoms with Gasteiger partial charge in [-0.3, -0.25) is 9.59 Å².